The van der Waals surface area contributed by atoms with Crippen LogP contribution in [-0.2, 0) is 11.0 Å². The SMILES string of the molecule is CCc1nc2cccc3c2n1-c1c(-c2cc4ccccc4c4ccccc24)cccc1P3(=O)c1ccccc1. The van der Waals surface area contributed by atoms with Gasteiger partial charge in [0.15, 0.2) is 7.14 Å². The fourth-order valence-corrected chi connectivity index (χ4v) is 9.48. The number of aromatic nitrogens is 2. The maximum atomic E-state index is 15.6. The Bertz CT molecular complexity index is 2140. The number of benzene rings is 6. The first-order chi connectivity index (χ1) is 19.2. The van der Waals surface area contributed by atoms with Gasteiger partial charge >= 0.3 is 0 Å². The lowest BCUT2D eigenvalue weighted by Crippen LogP contribution is -2.33. The van der Waals surface area contributed by atoms with Crippen LogP contribution in [0.3, 0.4) is 0 Å². The smallest absolute Gasteiger partial charge is 0.175 e. The third kappa shape index (κ3) is 3.00. The fraction of sp³-hybridized carbons (Fsp3) is 0.0571. The predicted molar refractivity (Wildman–Crippen MR) is 164 cm³/mol. The van der Waals surface area contributed by atoms with Crippen LogP contribution in [0.25, 0.3) is 49.4 Å². The molecule has 6 aromatic carbocycles. The van der Waals surface area contributed by atoms with Crippen LogP contribution in [0.1, 0.15) is 12.7 Å². The van der Waals surface area contributed by atoms with Gasteiger partial charge in [-0.3, -0.25) is 4.57 Å². The summed E-state index contributed by atoms with van der Waals surface area (Å²) in [6.45, 7) is 2.14. The Labute approximate surface area is 226 Å². The number of rotatable bonds is 3. The van der Waals surface area contributed by atoms with Gasteiger partial charge in [0.25, 0.3) is 0 Å². The van der Waals surface area contributed by atoms with E-state index in [-0.39, 0.29) is 0 Å². The first kappa shape index (κ1) is 22.5. The molecule has 0 bridgehead atoms. The molecule has 4 heteroatoms. The summed E-state index contributed by atoms with van der Waals surface area (Å²) in [4.78, 5) is 5.05. The molecule has 0 amide bonds. The molecule has 0 saturated carbocycles. The maximum absolute atomic E-state index is 15.6. The summed E-state index contributed by atoms with van der Waals surface area (Å²) < 4.78 is 17.9. The molecule has 186 valence electrons. The van der Waals surface area contributed by atoms with Crippen LogP contribution < -0.4 is 15.9 Å². The van der Waals surface area contributed by atoms with E-state index in [2.05, 4.69) is 84.3 Å². The first-order valence-corrected chi connectivity index (χ1v) is 15.1. The Balaban J connectivity index is 1.58. The number of hydrogen-bond acceptors (Lipinski definition) is 2. The molecule has 2 heterocycles. The summed E-state index contributed by atoms with van der Waals surface area (Å²) in [6, 6.07) is 41.8. The van der Waals surface area contributed by atoms with Gasteiger partial charge in [0.05, 0.1) is 16.7 Å². The lowest BCUT2D eigenvalue weighted by Gasteiger charge is -2.31. The summed E-state index contributed by atoms with van der Waals surface area (Å²) in [5.74, 6) is 0.982. The number of fused-ring (bicyclic) bond motifs is 5. The van der Waals surface area contributed by atoms with E-state index in [0.717, 1.165) is 56.0 Å². The van der Waals surface area contributed by atoms with Gasteiger partial charge in [-0.05, 0) is 51.4 Å². The van der Waals surface area contributed by atoms with Crippen LogP contribution in [0.5, 0.6) is 0 Å². The van der Waals surface area contributed by atoms with Gasteiger partial charge in [0.2, 0.25) is 0 Å². The average molecular weight is 521 g/mol. The molecular weight excluding hydrogens is 495 g/mol. The Morgan fingerprint density at radius 2 is 1.36 bits per heavy atom. The molecule has 0 saturated heterocycles. The van der Waals surface area contributed by atoms with Crippen molar-refractivity contribution in [1.29, 1.82) is 0 Å². The molecule has 0 radical (unpaired) electrons. The van der Waals surface area contributed by atoms with E-state index in [1.165, 1.54) is 21.5 Å². The Morgan fingerprint density at radius 1 is 0.667 bits per heavy atom. The zero-order valence-corrected chi connectivity index (χ0v) is 22.4. The lowest BCUT2D eigenvalue weighted by molar-refractivity contribution is 0.592. The quantitative estimate of drug-likeness (QED) is 0.178. The second kappa shape index (κ2) is 8.27. The molecule has 0 N–H and O–H groups in total. The highest BCUT2D eigenvalue weighted by atomic mass is 31.2. The van der Waals surface area contributed by atoms with Crippen molar-refractivity contribution in [2.45, 2.75) is 13.3 Å². The zero-order chi connectivity index (χ0) is 26.1. The van der Waals surface area contributed by atoms with Crippen molar-refractivity contribution >= 4 is 55.6 Å². The van der Waals surface area contributed by atoms with E-state index in [0.29, 0.717) is 0 Å². The van der Waals surface area contributed by atoms with Crippen molar-refractivity contribution in [3.05, 3.63) is 127 Å². The molecule has 1 aliphatic heterocycles. The number of imidazole rings is 1. The van der Waals surface area contributed by atoms with E-state index in [9.17, 15) is 0 Å². The topological polar surface area (TPSA) is 34.9 Å². The zero-order valence-electron chi connectivity index (χ0n) is 21.5. The molecular formula is C35H25N2OP. The standard InChI is InChI=1S/C35H25N2OP/c1-2-33-36-30-19-11-21-32-35(30)37(33)34-28(18-10-20-31(34)39(32,38)24-13-4-3-5-14-24)29-22-23-12-6-7-15-25(23)26-16-8-9-17-27(26)29/h3-22H,2H2,1H3. The van der Waals surface area contributed by atoms with Gasteiger partial charge in [0.1, 0.15) is 5.82 Å². The van der Waals surface area contributed by atoms with Crippen LogP contribution >= 0.6 is 7.14 Å². The highest BCUT2D eigenvalue weighted by Crippen LogP contribution is 2.51. The molecule has 0 spiro atoms. The Morgan fingerprint density at radius 3 is 2.18 bits per heavy atom. The molecule has 1 aliphatic rings. The van der Waals surface area contributed by atoms with Gasteiger partial charge in [-0.2, -0.15) is 0 Å². The minimum absolute atomic E-state index is 0.774. The molecule has 0 aliphatic carbocycles. The highest BCUT2D eigenvalue weighted by Gasteiger charge is 2.40. The minimum atomic E-state index is -3.18. The van der Waals surface area contributed by atoms with Gasteiger partial charge < -0.3 is 4.57 Å². The van der Waals surface area contributed by atoms with Crippen LogP contribution in [-0.4, -0.2) is 9.55 Å². The molecule has 1 unspecified atom stereocenters. The second-order valence-electron chi connectivity index (χ2n) is 10.2. The number of hydrogen-bond donors (Lipinski definition) is 0. The molecule has 7 aromatic rings. The van der Waals surface area contributed by atoms with Crippen LogP contribution in [0.15, 0.2) is 121 Å². The van der Waals surface area contributed by atoms with Crippen LogP contribution in [0.4, 0.5) is 0 Å². The number of aryl methyl sites for hydroxylation is 1. The van der Waals surface area contributed by atoms with Crippen LogP contribution in [0, 0.1) is 0 Å². The predicted octanol–water partition coefficient (Wildman–Crippen LogP) is 7.51. The van der Waals surface area contributed by atoms with E-state index in [1.54, 1.807) is 0 Å². The first-order valence-electron chi connectivity index (χ1n) is 13.4. The van der Waals surface area contributed by atoms with Gasteiger partial charge in [-0.25, -0.2) is 4.98 Å². The number of para-hydroxylation sites is 2. The van der Waals surface area contributed by atoms with Crippen molar-refractivity contribution in [3.8, 4) is 16.8 Å². The fourth-order valence-electron chi connectivity index (χ4n) is 6.45. The molecule has 1 atom stereocenters. The maximum Gasteiger partial charge on any atom is 0.175 e. The monoisotopic (exact) mass is 520 g/mol. The summed E-state index contributed by atoms with van der Waals surface area (Å²) in [5, 5.41) is 7.43. The number of nitrogens with zero attached hydrogens (tertiary/aromatic N) is 2. The van der Waals surface area contributed by atoms with Crippen LogP contribution in [0.2, 0.25) is 0 Å². The highest BCUT2D eigenvalue weighted by molar-refractivity contribution is 7.86. The van der Waals surface area contributed by atoms with E-state index >= 15 is 4.57 Å². The molecule has 0 fully saturated rings. The van der Waals surface area contributed by atoms with Gasteiger partial charge in [-0.1, -0.05) is 104 Å². The minimum Gasteiger partial charge on any atom is -0.308 e. The van der Waals surface area contributed by atoms with Gasteiger partial charge in [-0.15, -0.1) is 0 Å². The van der Waals surface area contributed by atoms with E-state index in [4.69, 9.17) is 4.98 Å². The van der Waals surface area contributed by atoms with E-state index in [1.807, 2.05) is 48.5 Å². The van der Waals surface area contributed by atoms with Crippen molar-refractivity contribution in [1.82, 2.24) is 9.55 Å². The van der Waals surface area contributed by atoms with E-state index < -0.39 is 7.14 Å². The summed E-state index contributed by atoms with van der Waals surface area (Å²) in [6.07, 6.45) is 0.774. The van der Waals surface area contributed by atoms with Gasteiger partial charge in [0, 0.05) is 27.9 Å². The Hall–Kier alpha value is -4.46. The molecule has 39 heavy (non-hydrogen) atoms. The lowest BCUT2D eigenvalue weighted by atomic mass is 9.92. The van der Waals surface area contributed by atoms with Crippen molar-refractivity contribution in [2.75, 3.05) is 0 Å². The third-order valence-electron chi connectivity index (χ3n) is 8.14. The van der Waals surface area contributed by atoms with Crippen molar-refractivity contribution in [3.63, 3.8) is 0 Å². The second-order valence-corrected chi connectivity index (χ2v) is 12.9. The third-order valence-corrected chi connectivity index (χ3v) is 11.2. The molecule has 3 nitrogen and oxygen atoms in total. The van der Waals surface area contributed by atoms with Crippen molar-refractivity contribution < 1.29 is 4.57 Å². The van der Waals surface area contributed by atoms with Crippen molar-refractivity contribution in [2.24, 2.45) is 0 Å². The molecule has 1 aromatic heterocycles. The summed E-state index contributed by atoms with van der Waals surface area (Å²) in [5.41, 5.74) is 5.07. The average Bonchev–Trinajstić information content (AvgIpc) is 3.39. The largest absolute Gasteiger partial charge is 0.308 e. The summed E-state index contributed by atoms with van der Waals surface area (Å²) in [7, 11) is -3.18. The normalized spacial score (nSPS) is 16.1. The summed E-state index contributed by atoms with van der Waals surface area (Å²) >= 11 is 0. The molecule has 8 rings (SSSR count). The Kier molecular flexibility index (Phi) is 4.77.